The highest BCUT2D eigenvalue weighted by Gasteiger charge is 2.68. The summed E-state index contributed by atoms with van der Waals surface area (Å²) in [6.45, 7) is 15.8. The van der Waals surface area contributed by atoms with E-state index in [1.54, 1.807) is 7.11 Å². The smallest absolute Gasteiger partial charge is 0.209 e. The van der Waals surface area contributed by atoms with Crippen LogP contribution in [0.15, 0.2) is 48.5 Å². The molecule has 0 radical (unpaired) electrons. The molecule has 2 aromatic rings. The summed E-state index contributed by atoms with van der Waals surface area (Å²) in [7, 11) is -0.528. The maximum absolute atomic E-state index is 7.27. The monoisotopic (exact) mass is 438 g/mol. The summed E-state index contributed by atoms with van der Waals surface area (Å²) in [6.07, 6.45) is 1.33. The molecule has 1 aliphatic heterocycles. The Morgan fingerprint density at radius 3 is 2.19 bits per heavy atom. The maximum Gasteiger partial charge on any atom is 0.209 e. The normalized spacial score (nSPS) is 24.7. The summed E-state index contributed by atoms with van der Waals surface area (Å²) in [5.41, 5.74) is 4.57. The van der Waals surface area contributed by atoms with Crippen molar-refractivity contribution in [2.24, 2.45) is 0 Å². The topological polar surface area (TPSA) is 27.7 Å². The predicted molar refractivity (Wildman–Crippen MR) is 129 cm³/mol. The van der Waals surface area contributed by atoms with E-state index in [0.29, 0.717) is 18.1 Å². The minimum Gasteiger partial charge on any atom is -0.497 e. The fourth-order valence-electron chi connectivity index (χ4n) is 6.60. The van der Waals surface area contributed by atoms with Crippen LogP contribution >= 0.6 is 0 Å². The Hall–Kier alpha value is -1.62. The summed E-state index contributed by atoms with van der Waals surface area (Å²) in [5.74, 6) is 1.32. The quantitative estimate of drug-likeness (QED) is 0.477. The molecule has 0 aromatic heterocycles. The molecule has 168 valence electrons. The predicted octanol–water partition coefficient (Wildman–Crippen LogP) is 6.87. The maximum atomic E-state index is 7.27. The summed E-state index contributed by atoms with van der Waals surface area (Å²) in [4.78, 5) is 0. The van der Waals surface area contributed by atoms with Gasteiger partial charge < -0.3 is 13.9 Å². The van der Waals surface area contributed by atoms with Gasteiger partial charge in [0.1, 0.15) is 5.75 Å². The van der Waals surface area contributed by atoms with E-state index in [1.807, 2.05) is 12.1 Å². The number of fused-ring (bicyclic) bond motifs is 3. The second-order valence-electron chi connectivity index (χ2n) is 11.3. The first-order valence-electron chi connectivity index (χ1n) is 11.5. The lowest BCUT2D eigenvalue weighted by molar-refractivity contribution is 0.112. The molecule has 4 rings (SSSR count). The number of hydrogen-bond acceptors (Lipinski definition) is 3. The molecule has 0 spiro atoms. The van der Waals surface area contributed by atoms with Crippen LogP contribution in [0.5, 0.6) is 5.75 Å². The van der Waals surface area contributed by atoms with Gasteiger partial charge in [0.05, 0.1) is 26.4 Å². The molecule has 0 bridgehead atoms. The van der Waals surface area contributed by atoms with Gasteiger partial charge in [-0.2, -0.15) is 0 Å². The van der Waals surface area contributed by atoms with Gasteiger partial charge in [0.25, 0.3) is 0 Å². The first-order valence-corrected chi connectivity index (χ1v) is 13.5. The molecule has 1 fully saturated rings. The third-order valence-corrected chi connectivity index (χ3v) is 14.2. The largest absolute Gasteiger partial charge is 0.497 e. The molecule has 2 aromatic carbocycles. The molecule has 1 heterocycles. The number of methoxy groups -OCH3 is 1. The van der Waals surface area contributed by atoms with Crippen LogP contribution in [0.2, 0.25) is 15.6 Å². The van der Waals surface area contributed by atoms with Gasteiger partial charge in [-0.15, -0.1) is 0 Å². The van der Waals surface area contributed by atoms with Crippen molar-refractivity contribution < 1.29 is 13.9 Å². The first-order chi connectivity index (χ1) is 14.6. The van der Waals surface area contributed by atoms with E-state index < -0.39 is 8.32 Å². The van der Waals surface area contributed by atoms with Crippen LogP contribution in [0.3, 0.4) is 0 Å². The minimum atomic E-state index is -2.23. The third kappa shape index (κ3) is 3.77. The summed E-state index contributed by atoms with van der Waals surface area (Å²) >= 11 is 0. The molecule has 0 unspecified atom stereocenters. The van der Waals surface area contributed by atoms with Gasteiger partial charge in [0.2, 0.25) is 8.32 Å². The molecular formula is C27H38O3Si. The van der Waals surface area contributed by atoms with Crippen molar-refractivity contribution in [3.8, 4) is 5.75 Å². The van der Waals surface area contributed by atoms with E-state index in [9.17, 15) is 0 Å². The van der Waals surface area contributed by atoms with Crippen LogP contribution in [-0.2, 0) is 22.2 Å². The van der Waals surface area contributed by atoms with Crippen molar-refractivity contribution in [3.63, 3.8) is 0 Å². The van der Waals surface area contributed by atoms with Gasteiger partial charge in [-0.25, -0.2) is 0 Å². The van der Waals surface area contributed by atoms with Crippen molar-refractivity contribution >= 4 is 8.32 Å². The molecule has 0 N–H and O–H groups in total. The minimum absolute atomic E-state index is 0.124. The molecule has 3 nitrogen and oxygen atoms in total. The molecule has 0 amide bonds. The lowest BCUT2D eigenvalue weighted by atomic mass is 9.96. The van der Waals surface area contributed by atoms with Crippen LogP contribution in [0.1, 0.15) is 64.2 Å². The highest BCUT2D eigenvalue weighted by Crippen LogP contribution is 2.67. The number of ether oxygens (including phenoxy) is 2. The number of hydrogen-bond donors (Lipinski definition) is 0. The zero-order valence-corrected chi connectivity index (χ0v) is 21.2. The second-order valence-corrected chi connectivity index (χ2v) is 16.7. The summed E-state index contributed by atoms with van der Waals surface area (Å²) in [6, 6.07) is 17.2. The van der Waals surface area contributed by atoms with Crippen LogP contribution in [-0.4, -0.2) is 28.1 Å². The molecule has 0 saturated carbocycles. The summed E-state index contributed by atoms with van der Waals surface area (Å²) in [5, 5.41) is 0.247. The highest BCUT2D eigenvalue weighted by molar-refractivity contribution is 6.81. The molecule has 3 atom stereocenters. The lowest BCUT2D eigenvalue weighted by Gasteiger charge is -2.52. The fourth-order valence-corrected chi connectivity index (χ4v) is 13.9. The van der Waals surface area contributed by atoms with E-state index in [2.05, 4.69) is 77.9 Å². The Morgan fingerprint density at radius 2 is 1.58 bits per heavy atom. The van der Waals surface area contributed by atoms with E-state index in [4.69, 9.17) is 13.9 Å². The van der Waals surface area contributed by atoms with Gasteiger partial charge in [0.15, 0.2) is 0 Å². The van der Waals surface area contributed by atoms with Gasteiger partial charge in [-0.05, 0) is 45.3 Å². The van der Waals surface area contributed by atoms with Crippen LogP contribution in [0.4, 0.5) is 0 Å². The van der Waals surface area contributed by atoms with Crippen LogP contribution in [0, 0.1) is 0 Å². The highest BCUT2D eigenvalue weighted by atomic mass is 28.4. The van der Waals surface area contributed by atoms with Crippen molar-refractivity contribution in [2.75, 3.05) is 13.7 Å². The fraction of sp³-hybridized carbons (Fsp3) is 0.556. The van der Waals surface area contributed by atoms with Crippen LogP contribution in [0.25, 0.3) is 0 Å². The Balaban J connectivity index is 1.65. The SMILES string of the molecule is COc1ccc(COC[C@H]2[C@H]3c4ccccc4C[C@H]3O[Si]2(C(C)(C)C)C(C)(C)C)cc1. The zero-order valence-electron chi connectivity index (χ0n) is 20.2. The number of benzene rings is 2. The van der Waals surface area contributed by atoms with Crippen LogP contribution < -0.4 is 4.74 Å². The average Bonchev–Trinajstić information content (AvgIpc) is 3.22. The van der Waals surface area contributed by atoms with Crippen molar-refractivity contribution in [3.05, 3.63) is 65.2 Å². The Labute approximate surface area is 189 Å². The van der Waals surface area contributed by atoms with Gasteiger partial charge in [-0.3, -0.25) is 0 Å². The molecule has 2 aliphatic rings. The molecule has 1 saturated heterocycles. The lowest BCUT2D eigenvalue weighted by Crippen LogP contribution is -2.56. The third-order valence-electron chi connectivity index (χ3n) is 7.48. The standard InChI is InChI=1S/C27H38O3Si/c1-26(2,3)31(27(4,5)6)24(18-29-17-19-12-14-21(28-7)15-13-19)25-22-11-9-8-10-20(22)16-23(25)30-31/h8-15,23-25H,16-18H2,1-7H3/t23-,24+,25+/m1/s1. The molecule has 1 aliphatic carbocycles. The van der Waals surface area contributed by atoms with Gasteiger partial charge >= 0.3 is 0 Å². The number of rotatable bonds is 5. The van der Waals surface area contributed by atoms with Crippen molar-refractivity contribution in [1.29, 1.82) is 0 Å². The Morgan fingerprint density at radius 1 is 0.935 bits per heavy atom. The Kier molecular flexibility index (Phi) is 5.87. The zero-order chi connectivity index (χ0) is 22.4. The molecule has 31 heavy (non-hydrogen) atoms. The molecule has 4 heteroatoms. The first kappa shape index (κ1) is 22.6. The van der Waals surface area contributed by atoms with Crippen molar-refractivity contribution in [2.45, 2.75) is 82.2 Å². The van der Waals surface area contributed by atoms with Gasteiger partial charge in [-0.1, -0.05) is 77.9 Å². The second kappa shape index (κ2) is 8.06. The molecular weight excluding hydrogens is 400 g/mol. The van der Waals surface area contributed by atoms with Gasteiger partial charge in [0, 0.05) is 11.5 Å². The van der Waals surface area contributed by atoms with E-state index in [1.165, 1.54) is 16.7 Å². The van der Waals surface area contributed by atoms with E-state index in [-0.39, 0.29) is 16.2 Å². The van der Waals surface area contributed by atoms with E-state index >= 15 is 0 Å². The average molecular weight is 439 g/mol. The summed E-state index contributed by atoms with van der Waals surface area (Å²) < 4.78 is 19.0. The Bertz CT molecular complexity index is 893. The van der Waals surface area contributed by atoms with E-state index in [0.717, 1.165) is 18.8 Å². The van der Waals surface area contributed by atoms with Crippen molar-refractivity contribution in [1.82, 2.24) is 0 Å².